The van der Waals surface area contributed by atoms with Gasteiger partial charge in [-0.05, 0) is 87.6 Å². The Balaban J connectivity index is 1.16. The molecule has 218 valence electrons. The molecule has 0 radical (unpaired) electrons. The fraction of sp³-hybridized carbons (Fsp3) is 0.0476. The summed E-state index contributed by atoms with van der Waals surface area (Å²) < 4.78 is 9.17. The van der Waals surface area contributed by atoms with Crippen LogP contribution in [0.1, 0.15) is 0 Å². The van der Waals surface area contributed by atoms with Crippen LogP contribution in [-0.2, 0) is 0 Å². The lowest BCUT2D eigenvalue weighted by Gasteiger charge is -2.27. The molecule has 10 rings (SSSR count). The summed E-state index contributed by atoms with van der Waals surface area (Å²) in [6, 6.07) is 51.1. The van der Waals surface area contributed by atoms with Gasteiger partial charge < -0.3 is 9.32 Å². The minimum atomic E-state index is -1.95. The average molecular weight is 624 g/mol. The Morgan fingerprint density at radius 1 is 0.543 bits per heavy atom. The molecule has 3 heterocycles. The molecule has 0 N–H and O–H groups in total. The van der Waals surface area contributed by atoms with E-state index in [4.69, 9.17) is 4.42 Å². The van der Waals surface area contributed by atoms with Crippen LogP contribution in [0.25, 0.3) is 64.0 Å². The van der Waals surface area contributed by atoms with Crippen molar-refractivity contribution in [3.05, 3.63) is 140 Å². The van der Waals surface area contributed by atoms with Crippen LogP contribution in [0.15, 0.2) is 144 Å². The van der Waals surface area contributed by atoms with Gasteiger partial charge in [-0.3, -0.25) is 0 Å². The average Bonchev–Trinajstić information content (AvgIpc) is 3.73. The van der Waals surface area contributed by atoms with E-state index in [9.17, 15) is 0 Å². The van der Waals surface area contributed by atoms with Gasteiger partial charge in [-0.25, -0.2) is 0 Å². The van der Waals surface area contributed by atoms with E-state index in [1.165, 1.54) is 47.6 Å². The number of hydrogen-bond donors (Lipinski definition) is 0. The number of rotatable bonds is 3. The van der Waals surface area contributed by atoms with E-state index >= 15 is 0 Å². The smallest absolute Gasteiger partial charge is 0.143 e. The summed E-state index contributed by atoms with van der Waals surface area (Å²) in [7, 11) is -1.95. The standard InChI is InChI=1S/C42H29NOSSi/c1-46(2)38-23-22-34-32-13-7-9-15-37(32)45-42(34)40(38)35-21-18-29(25-39(35)46)43(27-10-4-3-5-11-27)28-17-20-30-26(24-28)16-19-33-31-12-6-8-14-36(31)44-41(30)33/h3-25H,1-2H3. The fourth-order valence-electron chi connectivity index (χ4n) is 7.79. The zero-order valence-corrected chi connectivity index (χ0v) is 27.4. The molecule has 2 nitrogen and oxygen atoms in total. The molecule has 0 saturated carbocycles. The third kappa shape index (κ3) is 3.57. The van der Waals surface area contributed by atoms with Crippen molar-refractivity contribution in [2.24, 2.45) is 0 Å². The first kappa shape index (κ1) is 26.1. The van der Waals surface area contributed by atoms with Gasteiger partial charge in [0.1, 0.15) is 19.2 Å². The molecule has 46 heavy (non-hydrogen) atoms. The molecule has 1 aliphatic heterocycles. The van der Waals surface area contributed by atoms with Crippen LogP contribution >= 0.6 is 11.3 Å². The van der Waals surface area contributed by atoms with Crippen molar-refractivity contribution in [3.8, 4) is 11.1 Å². The number of anilines is 3. The molecular weight excluding hydrogens is 595 g/mol. The van der Waals surface area contributed by atoms with Crippen LogP contribution in [0.5, 0.6) is 0 Å². The van der Waals surface area contributed by atoms with Gasteiger partial charge >= 0.3 is 0 Å². The number of furan rings is 1. The van der Waals surface area contributed by atoms with Crippen LogP contribution < -0.4 is 15.3 Å². The lowest BCUT2D eigenvalue weighted by molar-refractivity contribution is 0.672. The maximum absolute atomic E-state index is 6.38. The van der Waals surface area contributed by atoms with Crippen molar-refractivity contribution in [1.29, 1.82) is 0 Å². The quantitative estimate of drug-likeness (QED) is 0.182. The Morgan fingerprint density at radius 2 is 1.26 bits per heavy atom. The van der Waals surface area contributed by atoms with Gasteiger partial charge in [0.05, 0.1) is 0 Å². The largest absolute Gasteiger partial charge is 0.455 e. The van der Waals surface area contributed by atoms with E-state index in [-0.39, 0.29) is 0 Å². The predicted molar refractivity (Wildman–Crippen MR) is 201 cm³/mol. The molecule has 0 unspecified atom stereocenters. The summed E-state index contributed by atoms with van der Waals surface area (Å²) in [4.78, 5) is 2.41. The summed E-state index contributed by atoms with van der Waals surface area (Å²) in [5.41, 5.74) is 8.22. The number of thiophene rings is 1. The van der Waals surface area contributed by atoms with Crippen LogP contribution in [0.4, 0.5) is 17.1 Å². The summed E-state index contributed by atoms with van der Waals surface area (Å²) in [6.07, 6.45) is 0. The molecule has 0 fully saturated rings. The summed E-state index contributed by atoms with van der Waals surface area (Å²) in [5.74, 6) is 0. The van der Waals surface area contributed by atoms with Crippen molar-refractivity contribution >= 4 is 99.7 Å². The Kier molecular flexibility index (Phi) is 5.35. The normalized spacial score (nSPS) is 13.6. The van der Waals surface area contributed by atoms with Gasteiger partial charge in [-0.2, -0.15) is 0 Å². The van der Waals surface area contributed by atoms with E-state index in [1.54, 1.807) is 5.19 Å². The maximum Gasteiger partial charge on any atom is 0.143 e. The maximum atomic E-state index is 6.38. The highest BCUT2D eigenvalue weighted by molar-refractivity contribution is 7.26. The van der Waals surface area contributed by atoms with Gasteiger partial charge in [0.25, 0.3) is 0 Å². The summed E-state index contributed by atoms with van der Waals surface area (Å²) in [6.45, 7) is 5.03. The highest BCUT2D eigenvalue weighted by Gasteiger charge is 2.39. The Morgan fingerprint density at radius 3 is 2.15 bits per heavy atom. The molecule has 1 aliphatic rings. The molecule has 0 bridgehead atoms. The topological polar surface area (TPSA) is 16.4 Å². The van der Waals surface area contributed by atoms with Gasteiger partial charge in [-0.15, -0.1) is 11.3 Å². The fourth-order valence-corrected chi connectivity index (χ4v) is 12.2. The lowest BCUT2D eigenvalue weighted by atomic mass is 10.0. The molecule has 0 amide bonds. The molecule has 0 spiro atoms. The zero-order valence-electron chi connectivity index (χ0n) is 25.5. The molecular formula is C42H29NOSSi. The summed E-state index contributed by atoms with van der Waals surface area (Å²) >= 11 is 1.94. The highest BCUT2D eigenvalue weighted by atomic mass is 32.1. The van der Waals surface area contributed by atoms with Crippen molar-refractivity contribution in [3.63, 3.8) is 0 Å². The number of nitrogens with zero attached hydrogens (tertiary/aromatic N) is 1. The molecule has 0 atom stereocenters. The first-order valence-electron chi connectivity index (χ1n) is 15.9. The Hall–Kier alpha value is -5.16. The van der Waals surface area contributed by atoms with E-state index in [2.05, 4.69) is 151 Å². The van der Waals surface area contributed by atoms with E-state index in [0.29, 0.717) is 0 Å². The van der Waals surface area contributed by atoms with Crippen LogP contribution in [0, 0.1) is 0 Å². The minimum Gasteiger partial charge on any atom is -0.455 e. The van der Waals surface area contributed by atoms with Crippen molar-refractivity contribution < 1.29 is 4.42 Å². The van der Waals surface area contributed by atoms with E-state index < -0.39 is 8.07 Å². The molecule has 4 heteroatoms. The Labute approximate surface area is 271 Å². The second kappa shape index (κ2) is 9.43. The zero-order chi connectivity index (χ0) is 30.6. The van der Waals surface area contributed by atoms with Crippen LogP contribution in [0.2, 0.25) is 13.1 Å². The second-order valence-electron chi connectivity index (χ2n) is 12.9. The first-order valence-corrected chi connectivity index (χ1v) is 19.7. The molecule has 2 aromatic heterocycles. The van der Waals surface area contributed by atoms with Crippen molar-refractivity contribution in [1.82, 2.24) is 0 Å². The van der Waals surface area contributed by atoms with Gasteiger partial charge in [0.2, 0.25) is 0 Å². The third-order valence-electron chi connectivity index (χ3n) is 10.0. The SMILES string of the molecule is C[Si]1(C)c2cc(N(c3ccccc3)c3ccc4c(ccc5c6ccccc6oc45)c3)ccc2-c2c1ccc1c2sc2ccccc21. The predicted octanol–water partition coefficient (Wildman–Crippen LogP) is 11.4. The van der Waals surface area contributed by atoms with Crippen molar-refractivity contribution in [2.45, 2.75) is 13.1 Å². The van der Waals surface area contributed by atoms with Gasteiger partial charge in [0.15, 0.2) is 0 Å². The Bertz CT molecular complexity index is 2680. The van der Waals surface area contributed by atoms with Gasteiger partial charge in [0, 0.05) is 53.4 Å². The summed E-state index contributed by atoms with van der Waals surface area (Å²) in [5, 5.41) is 10.4. The van der Waals surface area contributed by atoms with Gasteiger partial charge in [-0.1, -0.05) is 92.0 Å². The number of fused-ring (bicyclic) bond motifs is 12. The van der Waals surface area contributed by atoms with Crippen LogP contribution in [0.3, 0.4) is 0 Å². The molecule has 0 aliphatic carbocycles. The van der Waals surface area contributed by atoms with Crippen molar-refractivity contribution in [2.75, 3.05) is 4.90 Å². The second-order valence-corrected chi connectivity index (χ2v) is 18.3. The first-order chi connectivity index (χ1) is 22.6. The molecule has 7 aromatic carbocycles. The highest BCUT2D eigenvalue weighted by Crippen LogP contribution is 2.44. The molecule has 0 saturated heterocycles. The number of benzene rings is 7. The monoisotopic (exact) mass is 623 g/mol. The third-order valence-corrected chi connectivity index (χ3v) is 14.8. The molecule has 9 aromatic rings. The number of para-hydroxylation sites is 2. The minimum absolute atomic E-state index is 0.929. The van der Waals surface area contributed by atoms with E-state index in [0.717, 1.165) is 38.7 Å². The lowest BCUT2D eigenvalue weighted by Crippen LogP contribution is -2.49. The van der Waals surface area contributed by atoms with E-state index in [1.807, 2.05) is 17.4 Å². The van der Waals surface area contributed by atoms with Crippen LogP contribution in [-0.4, -0.2) is 8.07 Å². The number of hydrogen-bond acceptors (Lipinski definition) is 3.